The third-order valence-electron chi connectivity index (χ3n) is 8.84. The van der Waals surface area contributed by atoms with Gasteiger partial charge in [-0.2, -0.15) is 5.26 Å². The molecule has 7 rings (SSSR count). The number of piperidine rings is 1. The topological polar surface area (TPSA) is 98.3 Å². The van der Waals surface area contributed by atoms with Crippen molar-refractivity contribution in [3.05, 3.63) is 71.4 Å². The summed E-state index contributed by atoms with van der Waals surface area (Å²) in [6.07, 6.45) is 10.4. The van der Waals surface area contributed by atoms with Crippen LogP contribution in [0.5, 0.6) is 0 Å². The fraction of sp³-hybridized carbons (Fsp3) is 0.364. The van der Waals surface area contributed by atoms with Gasteiger partial charge in [-0.1, -0.05) is 18.3 Å². The quantitative estimate of drug-likeness (QED) is 0.227. The van der Waals surface area contributed by atoms with Crippen molar-refractivity contribution >= 4 is 33.9 Å². The number of nitriles is 1. The number of hydrogen-bond donors (Lipinski definition) is 1. The monoisotopic (exact) mass is 607 g/mol. The molecule has 1 N–H and O–H groups in total. The van der Waals surface area contributed by atoms with Crippen LogP contribution >= 0.6 is 11.3 Å². The molecule has 9 nitrogen and oxygen atoms in total. The van der Waals surface area contributed by atoms with E-state index >= 15 is 0 Å². The van der Waals surface area contributed by atoms with Gasteiger partial charge in [0, 0.05) is 55.4 Å². The summed E-state index contributed by atoms with van der Waals surface area (Å²) in [4.78, 5) is 24.0. The van der Waals surface area contributed by atoms with Gasteiger partial charge < -0.3 is 15.1 Å². The summed E-state index contributed by atoms with van der Waals surface area (Å²) < 4.78 is 15.6. The number of thiazole rings is 1. The van der Waals surface area contributed by atoms with Crippen molar-refractivity contribution in [2.24, 2.45) is 11.8 Å². The van der Waals surface area contributed by atoms with Crippen molar-refractivity contribution in [1.29, 1.82) is 5.26 Å². The average molecular weight is 608 g/mol. The van der Waals surface area contributed by atoms with E-state index in [1.54, 1.807) is 12.1 Å². The Morgan fingerprint density at radius 3 is 2.39 bits per heavy atom. The van der Waals surface area contributed by atoms with Gasteiger partial charge in [0.2, 0.25) is 5.95 Å². The maximum absolute atomic E-state index is 13.5. The molecule has 2 fully saturated rings. The summed E-state index contributed by atoms with van der Waals surface area (Å²) in [5, 5.41) is 13.9. The molecule has 44 heavy (non-hydrogen) atoms. The minimum Gasteiger partial charge on any atom is -0.341 e. The van der Waals surface area contributed by atoms with Crippen molar-refractivity contribution in [2.75, 3.05) is 43.0 Å². The summed E-state index contributed by atoms with van der Waals surface area (Å²) in [6.45, 7) is 6.45. The third kappa shape index (κ3) is 5.40. The highest BCUT2D eigenvalue weighted by molar-refractivity contribution is 7.16. The molecule has 0 spiro atoms. The average Bonchev–Trinajstić information content (AvgIpc) is 3.65. The minimum atomic E-state index is -0.328. The van der Waals surface area contributed by atoms with Gasteiger partial charge in [-0.3, -0.25) is 4.40 Å². The number of imidazole rings is 1. The number of pyridine rings is 1. The zero-order valence-electron chi connectivity index (χ0n) is 24.9. The molecule has 5 aromatic rings. The lowest BCUT2D eigenvalue weighted by Crippen LogP contribution is -2.44. The summed E-state index contributed by atoms with van der Waals surface area (Å²) in [6, 6.07) is 12.4. The predicted molar refractivity (Wildman–Crippen MR) is 172 cm³/mol. The smallest absolute Gasteiger partial charge is 0.225 e. The number of rotatable bonds is 8. The lowest BCUT2D eigenvalue weighted by molar-refractivity contribution is 0.249. The van der Waals surface area contributed by atoms with Gasteiger partial charge in [-0.15, -0.1) is 0 Å². The molecule has 2 saturated heterocycles. The van der Waals surface area contributed by atoms with Gasteiger partial charge in [-0.05, 0) is 87.0 Å². The van der Waals surface area contributed by atoms with Crippen molar-refractivity contribution < 1.29 is 4.39 Å². The number of hydrogen-bond acceptors (Lipinski definition) is 9. The molecule has 0 unspecified atom stereocenters. The second-order valence-corrected chi connectivity index (χ2v) is 12.7. The minimum absolute atomic E-state index is 0.328. The van der Waals surface area contributed by atoms with E-state index in [-0.39, 0.29) is 5.82 Å². The molecule has 6 heterocycles. The number of fused-ring (bicyclic) bond motifs is 1. The number of aromatic nitrogens is 5. The van der Waals surface area contributed by atoms with Crippen LogP contribution in [0.2, 0.25) is 0 Å². The highest BCUT2D eigenvalue weighted by atomic mass is 32.1. The van der Waals surface area contributed by atoms with Crippen LogP contribution in [0.3, 0.4) is 0 Å². The lowest BCUT2D eigenvalue weighted by atomic mass is 9.85. The fourth-order valence-electron chi connectivity index (χ4n) is 6.25. The molecule has 0 radical (unpaired) electrons. The largest absolute Gasteiger partial charge is 0.341 e. The van der Waals surface area contributed by atoms with Crippen LogP contribution in [0.15, 0.2) is 55.0 Å². The van der Waals surface area contributed by atoms with Crippen molar-refractivity contribution in [2.45, 2.75) is 32.6 Å². The van der Waals surface area contributed by atoms with Gasteiger partial charge >= 0.3 is 0 Å². The van der Waals surface area contributed by atoms with E-state index in [0.717, 1.165) is 65.6 Å². The highest BCUT2D eigenvalue weighted by Crippen LogP contribution is 2.37. The first-order valence-electron chi connectivity index (χ1n) is 15.2. The first-order chi connectivity index (χ1) is 21.5. The second-order valence-electron chi connectivity index (χ2n) is 11.7. The molecule has 0 aliphatic carbocycles. The first kappa shape index (κ1) is 28.4. The maximum atomic E-state index is 13.5. The fourth-order valence-corrected chi connectivity index (χ4v) is 7.10. The molecule has 4 aromatic heterocycles. The van der Waals surface area contributed by atoms with Gasteiger partial charge in [0.15, 0.2) is 5.13 Å². The predicted octanol–water partition coefficient (Wildman–Crippen LogP) is 6.08. The highest BCUT2D eigenvalue weighted by Gasteiger charge is 2.26. The zero-order chi connectivity index (χ0) is 30.2. The normalized spacial score (nSPS) is 15.8. The van der Waals surface area contributed by atoms with E-state index in [9.17, 15) is 9.65 Å². The Hall–Kier alpha value is -4.40. The summed E-state index contributed by atoms with van der Waals surface area (Å²) in [5.74, 6) is 3.02. The number of nitrogens with zero attached hydrogens (tertiary/aromatic N) is 8. The molecular weight excluding hydrogens is 573 g/mol. The van der Waals surface area contributed by atoms with E-state index in [1.807, 2.05) is 30.4 Å². The summed E-state index contributed by atoms with van der Waals surface area (Å²) >= 11 is 1.31. The molecule has 0 amide bonds. The Kier molecular flexibility index (Phi) is 7.70. The first-order valence-corrected chi connectivity index (χ1v) is 16.0. The number of aryl methyl sites for hydroxylation is 1. The maximum Gasteiger partial charge on any atom is 0.225 e. The van der Waals surface area contributed by atoms with Crippen LogP contribution in [-0.4, -0.2) is 57.6 Å². The SMILES string of the molecule is CCc1nc2ccc(-c3cnc(N4CCC(CC5CNC5)CC4)nc3)cn2c1N(C)c1nc(-c2ccc(F)cc2)c(C#N)s1. The number of benzene rings is 1. The number of halogens is 1. The molecule has 1 aromatic carbocycles. The standard InChI is InChI=1S/C33H34FN9S/c1-3-27-31(41(2)33-40-30(28(15-35)44-33)23-4-7-26(34)8-5-23)43-20-24(6-9-29(43)39-27)25-18-37-32(38-19-25)42-12-10-21(11-13-42)14-22-16-36-17-22/h4-9,18-22,36H,3,10-14,16-17H2,1-2H3. The Balaban J connectivity index is 1.14. The van der Waals surface area contributed by atoms with Crippen molar-refractivity contribution in [3.8, 4) is 28.5 Å². The Bertz CT molecular complexity index is 1810. The van der Waals surface area contributed by atoms with Crippen LogP contribution < -0.4 is 15.1 Å². The molecule has 11 heteroatoms. The zero-order valence-corrected chi connectivity index (χ0v) is 25.7. The van der Waals surface area contributed by atoms with Crippen LogP contribution in [0.25, 0.3) is 28.0 Å². The van der Waals surface area contributed by atoms with Gasteiger partial charge in [-0.25, -0.2) is 24.3 Å². The summed E-state index contributed by atoms with van der Waals surface area (Å²) in [7, 11) is 1.94. The Morgan fingerprint density at radius 1 is 1.00 bits per heavy atom. The molecule has 224 valence electrons. The van der Waals surface area contributed by atoms with E-state index in [4.69, 9.17) is 19.9 Å². The molecule has 0 bridgehead atoms. The lowest BCUT2D eigenvalue weighted by Gasteiger charge is -2.36. The molecule has 0 atom stereocenters. The van der Waals surface area contributed by atoms with Gasteiger partial charge in [0.05, 0.1) is 5.69 Å². The van der Waals surface area contributed by atoms with Crippen molar-refractivity contribution in [3.63, 3.8) is 0 Å². The molecule has 2 aliphatic rings. The second kappa shape index (κ2) is 11.9. The molecule has 0 saturated carbocycles. The number of nitrogens with one attached hydrogen (secondary N) is 1. The molecular formula is C33H34FN9S. The van der Waals surface area contributed by atoms with E-state index in [2.05, 4.69) is 39.9 Å². The van der Waals surface area contributed by atoms with Crippen LogP contribution in [-0.2, 0) is 6.42 Å². The van der Waals surface area contributed by atoms with Crippen LogP contribution in [0.4, 0.5) is 21.3 Å². The van der Waals surface area contributed by atoms with Gasteiger partial charge in [0.25, 0.3) is 0 Å². The van der Waals surface area contributed by atoms with E-state index in [0.29, 0.717) is 21.3 Å². The van der Waals surface area contributed by atoms with Crippen LogP contribution in [0.1, 0.15) is 36.8 Å². The van der Waals surface area contributed by atoms with Gasteiger partial charge in [0.1, 0.15) is 33.9 Å². The Labute approximate surface area is 260 Å². The van der Waals surface area contributed by atoms with Crippen LogP contribution in [0, 0.1) is 29.0 Å². The third-order valence-corrected chi connectivity index (χ3v) is 9.88. The van der Waals surface area contributed by atoms with E-state index in [1.165, 1.54) is 55.8 Å². The molecule has 2 aliphatic heterocycles. The Morgan fingerprint density at radius 2 is 1.73 bits per heavy atom. The summed E-state index contributed by atoms with van der Waals surface area (Å²) in [5.41, 5.74) is 4.91. The number of anilines is 3. The van der Waals surface area contributed by atoms with Crippen molar-refractivity contribution in [1.82, 2.24) is 29.7 Å². The van der Waals surface area contributed by atoms with E-state index < -0.39 is 0 Å².